The lowest BCUT2D eigenvalue weighted by Gasteiger charge is -2.28. The van der Waals surface area contributed by atoms with Crippen LogP contribution in [0.2, 0.25) is 0 Å². The fourth-order valence-corrected chi connectivity index (χ4v) is 2.18. The lowest BCUT2D eigenvalue weighted by atomic mass is 10.1. The molecule has 1 N–H and O–H groups in total. The average Bonchev–Trinajstić information content (AvgIpc) is 2.38. The summed E-state index contributed by atoms with van der Waals surface area (Å²) in [5.74, 6) is 0.590. The van der Waals surface area contributed by atoms with Crippen LogP contribution in [-0.4, -0.2) is 6.54 Å². The van der Waals surface area contributed by atoms with Gasteiger partial charge in [0.05, 0.1) is 12.2 Å². The van der Waals surface area contributed by atoms with E-state index in [-0.39, 0.29) is 11.9 Å². The molecule has 1 atom stereocenters. The Balaban J connectivity index is 1.89. The second kappa shape index (κ2) is 4.33. The molecule has 2 aromatic carbocycles. The second-order valence-corrected chi connectivity index (χ2v) is 4.54. The molecule has 0 saturated carbocycles. The van der Waals surface area contributed by atoms with E-state index < -0.39 is 0 Å². The molecule has 0 aromatic heterocycles. The molecule has 1 aliphatic rings. The first kappa shape index (κ1) is 11.1. The van der Waals surface area contributed by atoms with Crippen molar-refractivity contribution in [3.05, 3.63) is 59.4 Å². The smallest absolute Gasteiger partial charge is 0.143 e. The lowest BCUT2D eigenvalue weighted by molar-refractivity contribution is 0.210. The van der Waals surface area contributed by atoms with E-state index in [1.165, 1.54) is 17.7 Å². The van der Waals surface area contributed by atoms with Gasteiger partial charge in [-0.15, -0.1) is 0 Å². The average molecular weight is 243 g/mol. The standard InChI is InChI=1S/C15H14FNO/c1-10-5-6-14-13(7-10)17-9-15(18-14)11-3-2-4-12(16)8-11/h2-8,15,17H,9H2,1H3. The maximum atomic E-state index is 13.2. The van der Waals surface area contributed by atoms with E-state index in [0.29, 0.717) is 6.54 Å². The molecule has 0 saturated heterocycles. The van der Waals surface area contributed by atoms with E-state index in [9.17, 15) is 4.39 Å². The van der Waals surface area contributed by atoms with Crippen molar-refractivity contribution in [1.29, 1.82) is 0 Å². The summed E-state index contributed by atoms with van der Waals surface area (Å²) in [5, 5.41) is 3.32. The number of rotatable bonds is 1. The van der Waals surface area contributed by atoms with Crippen LogP contribution in [0.5, 0.6) is 5.75 Å². The van der Waals surface area contributed by atoms with Gasteiger partial charge < -0.3 is 10.1 Å². The molecular formula is C15H14FNO. The molecule has 2 aromatic rings. The summed E-state index contributed by atoms with van der Waals surface area (Å²) in [6, 6.07) is 12.6. The van der Waals surface area contributed by atoms with Gasteiger partial charge in [0, 0.05) is 0 Å². The number of fused-ring (bicyclic) bond motifs is 1. The maximum Gasteiger partial charge on any atom is 0.143 e. The monoisotopic (exact) mass is 243 g/mol. The van der Waals surface area contributed by atoms with E-state index in [1.807, 2.05) is 25.1 Å². The Hall–Kier alpha value is -2.03. The molecule has 1 heterocycles. The fraction of sp³-hybridized carbons (Fsp3) is 0.200. The fourth-order valence-electron chi connectivity index (χ4n) is 2.18. The molecule has 92 valence electrons. The van der Waals surface area contributed by atoms with Crippen LogP contribution in [0, 0.1) is 12.7 Å². The highest BCUT2D eigenvalue weighted by molar-refractivity contribution is 5.59. The van der Waals surface area contributed by atoms with E-state index in [4.69, 9.17) is 4.74 Å². The molecule has 0 amide bonds. The van der Waals surface area contributed by atoms with E-state index in [0.717, 1.165) is 17.0 Å². The van der Waals surface area contributed by atoms with Gasteiger partial charge in [-0.2, -0.15) is 0 Å². The first-order valence-corrected chi connectivity index (χ1v) is 5.99. The highest BCUT2D eigenvalue weighted by Crippen LogP contribution is 2.34. The molecule has 0 fully saturated rings. The summed E-state index contributed by atoms with van der Waals surface area (Å²) in [6.45, 7) is 2.69. The zero-order chi connectivity index (χ0) is 12.5. The molecule has 0 aliphatic carbocycles. The van der Waals surface area contributed by atoms with Crippen LogP contribution in [-0.2, 0) is 0 Å². The van der Waals surface area contributed by atoms with Crippen molar-refractivity contribution in [3.63, 3.8) is 0 Å². The Morgan fingerprint density at radius 2 is 2.11 bits per heavy atom. The van der Waals surface area contributed by atoms with E-state index in [2.05, 4.69) is 11.4 Å². The van der Waals surface area contributed by atoms with Gasteiger partial charge in [0.2, 0.25) is 0 Å². The third-order valence-electron chi connectivity index (χ3n) is 3.10. The van der Waals surface area contributed by atoms with Crippen molar-refractivity contribution < 1.29 is 9.13 Å². The minimum absolute atomic E-state index is 0.143. The molecule has 1 aliphatic heterocycles. The van der Waals surface area contributed by atoms with Crippen molar-refractivity contribution >= 4 is 5.69 Å². The van der Waals surface area contributed by atoms with Crippen molar-refractivity contribution in [3.8, 4) is 5.75 Å². The molecule has 3 heteroatoms. The van der Waals surface area contributed by atoms with Gasteiger partial charge >= 0.3 is 0 Å². The first-order chi connectivity index (χ1) is 8.72. The normalized spacial score (nSPS) is 17.6. The number of hydrogen-bond donors (Lipinski definition) is 1. The summed E-state index contributed by atoms with van der Waals surface area (Å²) < 4.78 is 19.1. The highest BCUT2D eigenvalue weighted by Gasteiger charge is 2.20. The third kappa shape index (κ3) is 2.04. The van der Waals surface area contributed by atoms with Crippen molar-refractivity contribution in [2.45, 2.75) is 13.0 Å². The van der Waals surface area contributed by atoms with Crippen molar-refractivity contribution in [1.82, 2.24) is 0 Å². The number of anilines is 1. The minimum Gasteiger partial charge on any atom is -0.482 e. The Morgan fingerprint density at radius 1 is 1.22 bits per heavy atom. The molecule has 2 nitrogen and oxygen atoms in total. The molecule has 3 rings (SSSR count). The number of benzene rings is 2. The van der Waals surface area contributed by atoms with Crippen LogP contribution in [0.3, 0.4) is 0 Å². The zero-order valence-corrected chi connectivity index (χ0v) is 10.1. The predicted octanol–water partition coefficient (Wildman–Crippen LogP) is 3.68. The summed E-state index contributed by atoms with van der Waals surface area (Å²) in [6.07, 6.45) is -0.143. The summed E-state index contributed by atoms with van der Waals surface area (Å²) in [4.78, 5) is 0. The van der Waals surface area contributed by atoms with Gasteiger partial charge in [-0.05, 0) is 42.3 Å². The number of aryl methyl sites for hydroxylation is 1. The quantitative estimate of drug-likeness (QED) is 0.825. The molecule has 18 heavy (non-hydrogen) atoms. The van der Waals surface area contributed by atoms with Crippen LogP contribution in [0.25, 0.3) is 0 Å². The first-order valence-electron chi connectivity index (χ1n) is 5.99. The maximum absolute atomic E-state index is 13.2. The zero-order valence-electron chi connectivity index (χ0n) is 10.1. The molecule has 0 radical (unpaired) electrons. The van der Waals surface area contributed by atoms with Crippen molar-refractivity contribution in [2.75, 3.05) is 11.9 Å². The number of hydrogen-bond acceptors (Lipinski definition) is 2. The summed E-state index contributed by atoms with van der Waals surface area (Å²) in [5.41, 5.74) is 3.05. The van der Waals surface area contributed by atoms with Gasteiger partial charge in [-0.1, -0.05) is 18.2 Å². The SMILES string of the molecule is Cc1ccc2c(c1)NCC(c1cccc(F)c1)O2. The van der Waals surface area contributed by atoms with E-state index >= 15 is 0 Å². The molecular weight excluding hydrogens is 229 g/mol. The summed E-state index contributed by atoms with van der Waals surface area (Å²) >= 11 is 0. The van der Waals surface area contributed by atoms with Crippen LogP contribution < -0.4 is 10.1 Å². The molecule has 0 spiro atoms. The minimum atomic E-state index is -0.231. The Labute approximate surface area is 105 Å². The highest BCUT2D eigenvalue weighted by atomic mass is 19.1. The van der Waals surface area contributed by atoms with Crippen LogP contribution in [0.4, 0.5) is 10.1 Å². The Bertz CT molecular complexity index is 582. The second-order valence-electron chi connectivity index (χ2n) is 4.54. The predicted molar refractivity (Wildman–Crippen MR) is 69.4 cm³/mol. The van der Waals surface area contributed by atoms with Gasteiger partial charge in [-0.3, -0.25) is 0 Å². The number of nitrogens with one attached hydrogen (secondary N) is 1. The number of halogens is 1. The Morgan fingerprint density at radius 3 is 2.94 bits per heavy atom. The molecule has 1 unspecified atom stereocenters. The third-order valence-corrected chi connectivity index (χ3v) is 3.10. The van der Waals surface area contributed by atoms with Crippen molar-refractivity contribution in [2.24, 2.45) is 0 Å². The Kier molecular flexibility index (Phi) is 2.67. The van der Waals surface area contributed by atoms with Gasteiger partial charge in [0.25, 0.3) is 0 Å². The van der Waals surface area contributed by atoms with Crippen LogP contribution >= 0.6 is 0 Å². The van der Waals surface area contributed by atoms with Crippen LogP contribution in [0.1, 0.15) is 17.2 Å². The topological polar surface area (TPSA) is 21.3 Å². The van der Waals surface area contributed by atoms with E-state index in [1.54, 1.807) is 6.07 Å². The van der Waals surface area contributed by atoms with Gasteiger partial charge in [-0.25, -0.2) is 4.39 Å². The lowest BCUT2D eigenvalue weighted by Crippen LogP contribution is -2.23. The summed E-state index contributed by atoms with van der Waals surface area (Å²) in [7, 11) is 0. The number of ether oxygens (including phenoxy) is 1. The van der Waals surface area contributed by atoms with Crippen LogP contribution in [0.15, 0.2) is 42.5 Å². The van der Waals surface area contributed by atoms with Gasteiger partial charge in [0.15, 0.2) is 0 Å². The largest absolute Gasteiger partial charge is 0.482 e. The van der Waals surface area contributed by atoms with Gasteiger partial charge in [0.1, 0.15) is 17.7 Å². The molecule has 0 bridgehead atoms.